The van der Waals surface area contributed by atoms with E-state index in [1.54, 1.807) is 0 Å². The zero-order chi connectivity index (χ0) is 15.4. The molecular formula is C11H6Cl2N4O3S. The first-order valence-electron chi connectivity index (χ1n) is 5.36. The predicted octanol–water partition coefficient (Wildman–Crippen LogP) is 3.12. The van der Waals surface area contributed by atoms with Crippen LogP contribution in [0.15, 0.2) is 29.4 Å². The molecule has 108 valence electrons. The minimum Gasteiger partial charge on any atom is -0.267 e. The maximum Gasteiger partial charge on any atom is 0.324 e. The molecule has 0 saturated heterocycles. The average molecular weight is 345 g/mol. The molecular weight excluding hydrogens is 339 g/mol. The molecule has 0 fully saturated rings. The van der Waals surface area contributed by atoms with E-state index in [0.717, 1.165) is 11.3 Å². The molecule has 2 aromatic heterocycles. The largest absolute Gasteiger partial charge is 0.324 e. The highest BCUT2D eigenvalue weighted by Crippen LogP contribution is 2.22. The number of hydrazone groups is 1. The number of thiophene rings is 1. The summed E-state index contributed by atoms with van der Waals surface area (Å²) >= 11 is 12.3. The van der Waals surface area contributed by atoms with E-state index in [4.69, 9.17) is 23.2 Å². The van der Waals surface area contributed by atoms with Crippen LogP contribution in [-0.4, -0.2) is 22.0 Å². The lowest BCUT2D eigenvalue weighted by molar-refractivity contribution is -0.380. The SMILES string of the molecule is O=C(N/N=C\c1ccc([N+](=O)[O-])s1)c1cc(Cl)nc(Cl)c1. The van der Waals surface area contributed by atoms with Gasteiger partial charge in [-0.05, 0) is 18.2 Å². The number of rotatable bonds is 4. The van der Waals surface area contributed by atoms with Gasteiger partial charge in [-0.15, -0.1) is 0 Å². The van der Waals surface area contributed by atoms with Gasteiger partial charge in [-0.2, -0.15) is 5.10 Å². The first-order chi connectivity index (χ1) is 9.95. The number of amides is 1. The van der Waals surface area contributed by atoms with Crippen molar-refractivity contribution in [3.05, 3.63) is 55.1 Å². The number of hydrogen-bond acceptors (Lipinski definition) is 6. The van der Waals surface area contributed by atoms with E-state index in [2.05, 4.69) is 15.5 Å². The van der Waals surface area contributed by atoms with Crippen LogP contribution in [0.5, 0.6) is 0 Å². The summed E-state index contributed by atoms with van der Waals surface area (Å²) in [7, 11) is 0. The second-order valence-electron chi connectivity index (χ2n) is 3.63. The van der Waals surface area contributed by atoms with Crippen molar-refractivity contribution in [2.24, 2.45) is 5.10 Å². The molecule has 0 aromatic carbocycles. The monoisotopic (exact) mass is 344 g/mol. The van der Waals surface area contributed by atoms with Gasteiger partial charge in [-0.3, -0.25) is 14.9 Å². The summed E-state index contributed by atoms with van der Waals surface area (Å²) < 4.78 is 0. The third-order valence-corrected chi connectivity index (χ3v) is 3.53. The Morgan fingerprint density at radius 2 is 2.05 bits per heavy atom. The third kappa shape index (κ3) is 4.22. The number of halogens is 2. The van der Waals surface area contributed by atoms with Gasteiger partial charge in [0.25, 0.3) is 5.91 Å². The Bertz CT molecular complexity index is 712. The zero-order valence-electron chi connectivity index (χ0n) is 10.1. The minimum atomic E-state index is -0.525. The average Bonchev–Trinajstić information content (AvgIpc) is 2.86. The molecule has 2 rings (SSSR count). The molecule has 10 heteroatoms. The van der Waals surface area contributed by atoms with Crippen LogP contribution in [-0.2, 0) is 0 Å². The number of nitro groups is 1. The van der Waals surface area contributed by atoms with E-state index in [-0.39, 0.29) is 20.9 Å². The van der Waals surface area contributed by atoms with E-state index in [1.165, 1.54) is 30.5 Å². The smallest absolute Gasteiger partial charge is 0.267 e. The molecule has 0 saturated carbocycles. The summed E-state index contributed by atoms with van der Waals surface area (Å²) in [5.41, 5.74) is 2.47. The first kappa shape index (κ1) is 15.4. The third-order valence-electron chi connectivity index (χ3n) is 2.18. The van der Waals surface area contributed by atoms with Gasteiger partial charge in [0.15, 0.2) is 0 Å². The van der Waals surface area contributed by atoms with Gasteiger partial charge in [0.05, 0.1) is 16.0 Å². The molecule has 0 atom stereocenters. The number of hydrogen-bond donors (Lipinski definition) is 1. The van der Waals surface area contributed by atoms with Crippen molar-refractivity contribution in [3.8, 4) is 0 Å². The van der Waals surface area contributed by atoms with Gasteiger partial charge >= 0.3 is 5.00 Å². The Morgan fingerprint density at radius 1 is 1.38 bits per heavy atom. The van der Waals surface area contributed by atoms with E-state index in [1.807, 2.05) is 0 Å². The maximum atomic E-state index is 11.8. The van der Waals surface area contributed by atoms with E-state index >= 15 is 0 Å². The van der Waals surface area contributed by atoms with Gasteiger partial charge in [-0.25, -0.2) is 10.4 Å². The van der Waals surface area contributed by atoms with Crippen LogP contribution in [0.25, 0.3) is 0 Å². The number of nitrogens with one attached hydrogen (secondary N) is 1. The molecule has 7 nitrogen and oxygen atoms in total. The summed E-state index contributed by atoms with van der Waals surface area (Å²) in [5, 5.41) is 14.4. The number of carbonyl (C=O) groups is 1. The number of nitrogens with zero attached hydrogens (tertiary/aromatic N) is 3. The van der Waals surface area contributed by atoms with E-state index in [0.29, 0.717) is 4.88 Å². The molecule has 0 spiro atoms. The molecule has 0 aliphatic carbocycles. The second-order valence-corrected chi connectivity index (χ2v) is 5.50. The van der Waals surface area contributed by atoms with Crippen LogP contribution in [0.4, 0.5) is 5.00 Å². The summed E-state index contributed by atoms with van der Waals surface area (Å²) in [6.07, 6.45) is 1.31. The lowest BCUT2D eigenvalue weighted by Crippen LogP contribution is -2.17. The highest BCUT2D eigenvalue weighted by atomic mass is 35.5. The van der Waals surface area contributed by atoms with Crippen LogP contribution in [0, 0.1) is 10.1 Å². The first-order valence-corrected chi connectivity index (χ1v) is 6.93. The molecule has 1 amide bonds. The molecule has 2 heterocycles. The molecule has 0 aliphatic rings. The number of carbonyl (C=O) groups excluding carboxylic acids is 1. The molecule has 2 aromatic rings. The van der Waals surface area contributed by atoms with Crippen LogP contribution >= 0.6 is 34.5 Å². The Hall–Kier alpha value is -2.03. The van der Waals surface area contributed by atoms with E-state index < -0.39 is 10.8 Å². The molecule has 0 aliphatic heterocycles. The fourth-order valence-corrected chi connectivity index (χ4v) is 2.48. The van der Waals surface area contributed by atoms with Gasteiger partial charge in [-0.1, -0.05) is 34.5 Å². The van der Waals surface area contributed by atoms with Crippen molar-refractivity contribution in [1.82, 2.24) is 10.4 Å². The van der Waals surface area contributed by atoms with Crippen molar-refractivity contribution in [3.63, 3.8) is 0 Å². The Morgan fingerprint density at radius 3 is 2.62 bits per heavy atom. The highest BCUT2D eigenvalue weighted by molar-refractivity contribution is 7.16. The van der Waals surface area contributed by atoms with Crippen LogP contribution in [0.2, 0.25) is 10.3 Å². The minimum absolute atomic E-state index is 0.00419. The second kappa shape index (κ2) is 6.61. The van der Waals surface area contributed by atoms with Crippen molar-refractivity contribution < 1.29 is 9.72 Å². The molecule has 1 N–H and O–H groups in total. The molecule has 0 bridgehead atoms. The Balaban J connectivity index is 2.02. The fourth-order valence-electron chi connectivity index (χ4n) is 1.32. The molecule has 0 unspecified atom stereocenters. The Kier molecular flexibility index (Phi) is 4.84. The predicted molar refractivity (Wildman–Crippen MR) is 80.3 cm³/mol. The normalized spacial score (nSPS) is 10.8. The van der Waals surface area contributed by atoms with Crippen molar-refractivity contribution in [2.75, 3.05) is 0 Å². The lowest BCUT2D eigenvalue weighted by Gasteiger charge is -2.00. The van der Waals surface area contributed by atoms with Gasteiger partial charge in [0.2, 0.25) is 0 Å². The fraction of sp³-hybridized carbons (Fsp3) is 0. The van der Waals surface area contributed by atoms with Gasteiger partial charge < -0.3 is 0 Å². The highest BCUT2D eigenvalue weighted by Gasteiger charge is 2.09. The standard InChI is InChI=1S/C11H6Cl2N4O3S/c12-8-3-6(4-9(13)15-8)11(18)16-14-5-7-1-2-10(21-7)17(19)20/h1-5H,(H,16,18)/b14-5-. The van der Waals surface area contributed by atoms with E-state index in [9.17, 15) is 14.9 Å². The molecule has 0 radical (unpaired) electrons. The summed E-state index contributed by atoms with van der Waals surface area (Å²) in [6.45, 7) is 0. The van der Waals surface area contributed by atoms with Crippen LogP contribution in [0.3, 0.4) is 0 Å². The van der Waals surface area contributed by atoms with Crippen LogP contribution in [0.1, 0.15) is 15.2 Å². The van der Waals surface area contributed by atoms with Crippen molar-refractivity contribution in [2.45, 2.75) is 0 Å². The summed E-state index contributed by atoms with van der Waals surface area (Å²) in [4.78, 5) is 26.0. The summed E-state index contributed by atoms with van der Waals surface area (Å²) in [6, 6.07) is 5.57. The van der Waals surface area contributed by atoms with Gasteiger partial charge in [0.1, 0.15) is 10.3 Å². The quantitative estimate of drug-likeness (QED) is 0.398. The number of pyridine rings is 1. The zero-order valence-corrected chi connectivity index (χ0v) is 12.4. The van der Waals surface area contributed by atoms with Gasteiger partial charge in [0, 0.05) is 11.6 Å². The summed E-state index contributed by atoms with van der Waals surface area (Å²) in [5.74, 6) is -0.525. The topological polar surface area (TPSA) is 97.5 Å². The van der Waals surface area contributed by atoms with Crippen molar-refractivity contribution >= 4 is 51.7 Å². The van der Waals surface area contributed by atoms with Crippen molar-refractivity contribution in [1.29, 1.82) is 0 Å². The number of aromatic nitrogens is 1. The lowest BCUT2D eigenvalue weighted by atomic mass is 10.2. The van der Waals surface area contributed by atoms with Crippen LogP contribution < -0.4 is 5.43 Å². The molecule has 21 heavy (non-hydrogen) atoms. The Labute approximate surface area is 132 Å². The maximum absolute atomic E-state index is 11.8.